The van der Waals surface area contributed by atoms with E-state index in [1.54, 1.807) is 0 Å². The largest absolute Gasteiger partial charge is 0.309 e. The second-order valence-corrected chi connectivity index (χ2v) is 18.1. The van der Waals surface area contributed by atoms with E-state index in [2.05, 4.69) is 198 Å². The van der Waals surface area contributed by atoms with Crippen LogP contribution in [0.15, 0.2) is 152 Å². The predicted octanol–water partition coefficient (Wildman–Crippen LogP) is 15.0. The summed E-state index contributed by atoms with van der Waals surface area (Å²) in [5.74, 6) is 0. The zero-order valence-corrected chi connectivity index (χ0v) is 32.9. The van der Waals surface area contributed by atoms with E-state index >= 15 is 0 Å². The van der Waals surface area contributed by atoms with E-state index in [9.17, 15) is 0 Å². The number of hydrogen-bond donors (Lipinski definition) is 0. The molecule has 0 saturated heterocycles. The molecule has 1 heteroatoms. The fraction of sp³-hybridized carbons (Fsp3) is 0.164. The molecule has 0 aromatic heterocycles. The Balaban J connectivity index is 1.21. The van der Waals surface area contributed by atoms with Crippen LogP contribution in [0.25, 0.3) is 65.3 Å². The molecule has 56 heavy (non-hydrogen) atoms. The van der Waals surface area contributed by atoms with E-state index in [0.29, 0.717) is 0 Å². The minimum atomic E-state index is -0.286. The Morgan fingerprint density at radius 2 is 0.625 bits per heavy atom. The molecule has 0 spiro atoms. The third-order valence-corrected chi connectivity index (χ3v) is 14.1. The topological polar surface area (TPSA) is 3.24 Å². The van der Waals surface area contributed by atoms with Gasteiger partial charge < -0.3 is 4.90 Å². The highest BCUT2D eigenvalue weighted by atomic mass is 15.2. The third kappa shape index (κ3) is 3.91. The Bertz CT molecular complexity index is 3020. The number of hydrogen-bond acceptors (Lipinski definition) is 1. The highest BCUT2D eigenvalue weighted by Gasteiger charge is 2.52. The van der Waals surface area contributed by atoms with Crippen LogP contribution < -0.4 is 4.90 Å². The van der Waals surface area contributed by atoms with E-state index < -0.39 is 0 Å². The fourth-order valence-electron chi connectivity index (χ4n) is 11.1. The zero-order valence-electron chi connectivity index (χ0n) is 32.9. The first-order valence-electron chi connectivity index (χ1n) is 20.2. The van der Waals surface area contributed by atoms with Crippen LogP contribution in [-0.4, -0.2) is 0 Å². The van der Waals surface area contributed by atoms with Crippen molar-refractivity contribution in [3.63, 3.8) is 0 Å². The quantitative estimate of drug-likeness (QED) is 0.161. The number of anilines is 3. The standard InChI is InChI=1S/C55H43N/c1-53(2)44-24-15-25-45-50(44)56-51-46(53)28-34(42-26-32-16-7-9-18-36(32)38-20-11-13-22-40(38)42)30-48(51)55(5,6)49-31-35(29-47(52(49)56)54(45,3)4)43-27-33-17-8-10-19-37(33)39-21-12-14-23-41(39)43/h7-31H,1-6H3. The molecule has 3 aliphatic heterocycles. The van der Waals surface area contributed by atoms with Gasteiger partial charge in [0.15, 0.2) is 0 Å². The highest BCUT2D eigenvalue weighted by Crippen LogP contribution is 2.67. The molecular formula is C55H43N. The third-order valence-electron chi connectivity index (χ3n) is 14.1. The van der Waals surface area contributed by atoms with Crippen LogP contribution in [0.2, 0.25) is 0 Å². The Labute approximate surface area is 328 Å². The molecule has 3 heterocycles. The second kappa shape index (κ2) is 10.6. The molecule has 0 fully saturated rings. The zero-order chi connectivity index (χ0) is 37.9. The van der Waals surface area contributed by atoms with Crippen molar-refractivity contribution in [2.45, 2.75) is 57.8 Å². The summed E-state index contributed by atoms with van der Waals surface area (Å²) >= 11 is 0. The SMILES string of the molecule is CC1(C)c2cccc3c2N2c4c1cc(-c1cc5ccccc5c5ccccc15)cc4C(C)(C)c1cc(-c4cc5ccccc5c5ccccc45)cc(c12)C3(C)C. The van der Waals surface area contributed by atoms with Crippen molar-refractivity contribution in [2.24, 2.45) is 0 Å². The fourth-order valence-corrected chi connectivity index (χ4v) is 11.1. The molecule has 9 aromatic rings. The monoisotopic (exact) mass is 717 g/mol. The molecule has 1 nitrogen and oxygen atoms in total. The van der Waals surface area contributed by atoms with Gasteiger partial charge in [0.1, 0.15) is 0 Å². The first-order valence-corrected chi connectivity index (χ1v) is 20.2. The average Bonchev–Trinajstić information content (AvgIpc) is 3.22. The van der Waals surface area contributed by atoms with Gasteiger partial charge in [-0.15, -0.1) is 0 Å². The van der Waals surface area contributed by atoms with Crippen molar-refractivity contribution in [3.05, 3.63) is 185 Å². The van der Waals surface area contributed by atoms with Gasteiger partial charge in [-0.2, -0.15) is 0 Å². The molecule has 0 bridgehead atoms. The van der Waals surface area contributed by atoms with E-state index in [0.717, 1.165) is 0 Å². The summed E-state index contributed by atoms with van der Waals surface area (Å²) < 4.78 is 0. The summed E-state index contributed by atoms with van der Waals surface area (Å²) in [7, 11) is 0. The van der Waals surface area contributed by atoms with Crippen LogP contribution in [0.5, 0.6) is 0 Å². The van der Waals surface area contributed by atoms with E-state index in [1.165, 1.54) is 116 Å². The molecule has 0 aliphatic carbocycles. The van der Waals surface area contributed by atoms with Crippen LogP contribution in [-0.2, 0) is 16.2 Å². The molecule has 0 amide bonds. The molecule has 268 valence electrons. The highest BCUT2D eigenvalue weighted by molar-refractivity contribution is 6.15. The van der Waals surface area contributed by atoms with Gasteiger partial charge in [0, 0.05) is 16.2 Å². The molecule has 0 unspecified atom stereocenters. The van der Waals surface area contributed by atoms with Gasteiger partial charge in [-0.1, -0.05) is 157 Å². The summed E-state index contributed by atoms with van der Waals surface area (Å²) in [4.78, 5) is 2.70. The predicted molar refractivity (Wildman–Crippen MR) is 238 cm³/mol. The Morgan fingerprint density at radius 3 is 1.04 bits per heavy atom. The number of rotatable bonds is 2. The molecule has 0 radical (unpaired) electrons. The first kappa shape index (κ1) is 32.1. The molecular weight excluding hydrogens is 675 g/mol. The lowest BCUT2D eigenvalue weighted by Gasteiger charge is -2.55. The van der Waals surface area contributed by atoms with E-state index in [1.807, 2.05) is 0 Å². The number of benzene rings is 9. The van der Waals surface area contributed by atoms with Gasteiger partial charge in [0.2, 0.25) is 0 Å². The molecule has 9 aromatic carbocycles. The van der Waals surface area contributed by atoms with Gasteiger partial charge in [-0.25, -0.2) is 0 Å². The minimum absolute atomic E-state index is 0.209. The van der Waals surface area contributed by atoms with Gasteiger partial charge in [0.25, 0.3) is 0 Å². The van der Waals surface area contributed by atoms with E-state index in [4.69, 9.17) is 0 Å². The smallest absolute Gasteiger partial charge is 0.0544 e. The maximum Gasteiger partial charge on any atom is 0.0544 e. The maximum absolute atomic E-state index is 2.70. The van der Waals surface area contributed by atoms with Crippen LogP contribution in [0.3, 0.4) is 0 Å². The summed E-state index contributed by atoms with van der Waals surface area (Å²) in [6.45, 7) is 14.8. The maximum atomic E-state index is 2.70. The summed E-state index contributed by atoms with van der Waals surface area (Å²) in [5.41, 5.74) is 17.0. The molecule has 0 atom stereocenters. The van der Waals surface area contributed by atoms with Crippen molar-refractivity contribution in [3.8, 4) is 22.3 Å². The molecule has 12 rings (SSSR count). The lowest BCUT2D eigenvalue weighted by molar-refractivity contribution is 0.567. The number of fused-ring (bicyclic) bond motifs is 6. The van der Waals surface area contributed by atoms with Crippen molar-refractivity contribution in [2.75, 3.05) is 4.90 Å². The lowest BCUT2D eigenvalue weighted by atomic mass is 9.60. The van der Waals surface area contributed by atoms with Gasteiger partial charge in [0.05, 0.1) is 17.1 Å². The van der Waals surface area contributed by atoms with Crippen molar-refractivity contribution >= 4 is 60.2 Å². The van der Waals surface area contributed by atoms with Crippen molar-refractivity contribution < 1.29 is 0 Å². The summed E-state index contributed by atoms with van der Waals surface area (Å²) in [6, 6.07) is 57.9. The molecule has 0 saturated carbocycles. The van der Waals surface area contributed by atoms with Crippen LogP contribution in [0, 0.1) is 0 Å². The van der Waals surface area contributed by atoms with Crippen LogP contribution >= 0.6 is 0 Å². The minimum Gasteiger partial charge on any atom is -0.309 e. The second-order valence-electron chi connectivity index (χ2n) is 18.1. The van der Waals surface area contributed by atoms with E-state index in [-0.39, 0.29) is 16.2 Å². The number of para-hydroxylation sites is 1. The van der Waals surface area contributed by atoms with Gasteiger partial charge in [-0.3, -0.25) is 0 Å². The molecule has 3 aliphatic rings. The Morgan fingerprint density at radius 1 is 0.304 bits per heavy atom. The van der Waals surface area contributed by atoms with Crippen molar-refractivity contribution in [1.29, 1.82) is 0 Å². The summed E-state index contributed by atoms with van der Waals surface area (Å²) in [6.07, 6.45) is 0. The first-order chi connectivity index (χ1) is 27.0. The molecule has 0 N–H and O–H groups in total. The number of nitrogens with zero attached hydrogens (tertiary/aromatic N) is 1. The van der Waals surface area contributed by atoms with Crippen molar-refractivity contribution in [1.82, 2.24) is 0 Å². The lowest BCUT2D eigenvalue weighted by Crippen LogP contribution is -2.43. The Kier molecular flexibility index (Phi) is 6.05. The van der Waals surface area contributed by atoms with Gasteiger partial charge >= 0.3 is 0 Å². The van der Waals surface area contributed by atoms with Crippen LogP contribution in [0.4, 0.5) is 17.1 Å². The summed E-state index contributed by atoms with van der Waals surface area (Å²) in [5, 5.41) is 10.4. The normalized spacial score (nSPS) is 16.4. The average molecular weight is 718 g/mol. The van der Waals surface area contributed by atoms with Crippen LogP contribution in [0.1, 0.15) is 74.9 Å². The van der Waals surface area contributed by atoms with Gasteiger partial charge in [-0.05, 0) is 135 Å². The Hall–Kier alpha value is -6.18.